The lowest BCUT2D eigenvalue weighted by atomic mass is 10.3. The predicted octanol–water partition coefficient (Wildman–Crippen LogP) is -0.984. The van der Waals surface area contributed by atoms with Gasteiger partial charge in [0.2, 0.25) is 0 Å². The molecule has 2 atom stereocenters. The van der Waals surface area contributed by atoms with Crippen LogP contribution in [-0.2, 0) is 9.47 Å². The van der Waals surface area contributed by atoms with Crippen molar-refractivity contribution in [3.8, 4) is 0 Å². The fourth-order valence-electron chi connectivity index (χ4n) is 0.468. The smallest absolute Gasteiger partial charge is 0.183 e. The first-order valence-electron chi connectivity index (χ1n) is 3.38. The molecule has 0 fully saturated rings. The minimum atomic E-state index is -1.24. The van der Waals surface area contributed by atoms with E-state index in [0.717, 1.165) is 0 Å². The van der Waals surface area contributed by atoms with Crippen LogP contribution < -0.4 is 0 Å². The third kappa shape index (κ3) is 5.11. The topological polar surface area (TPSA) is 79.2 Å². The first kappa shape index (κ1) is 10.8. The summed E-state index contributed by atoms with van der Waals surface area (Å²) in [5.41, 5.74) is 0. The Hall–Kier alpha value is -0.200. The van der Waals surface area contributed by atoms with Gasteiger partial charge >= 0.3 is 0 Å². The lowest BCUT2D eigenvalue weighted by molar-refractivity contribution is -0.221. The Balaban J connectivity index is 3.28. The Bertz CT molecular complexity index is 87.0. The van der Waals surface area contributed by atoms with Gasteiger partial charge in [-0.25, -0.2) is 0 Å². The van der Waals surface area contributed by atoms with Crippen molar-refractivity contribution in [3.05, 3.63) is 0 Å². The molecule has 0 spiro atoms. The SMILES string of the molecule is CCC(O)C(O)OCOCO. The predicted molar refractivity (Wildman–Crippen MR) is 36.4 cm³/mol. The minimum Gasteiger partial charge on any atom is -0.388 e. The lowest BCUT2D eigenvalue weighted by Crippen LogP contribution is -2.28. The highest BCUT2D eigenvalue weighted by Crippen LogP contribution is 1.99. The van der Waals surface area contributed by atoms with Crippen LogP contribution in [0.25, 0.3) is 0 Å². The first-order chi connectivity index (χ1) is 5.22. The summed E-state index contributed by atoms with van der Waals surface area (Å²) >= 11 is 0. The summed E-state index contributed by atoms with van der Waals surface area (Å²) in [7, 11) is 0. The molecular formula is C6H14O5. The molecule has 2 unspecified atom stereocenters. The molecule has 5 nitrogen and oxygen atoms in total. The van der Waals surface area contributed by atoms with Crippen LogP contribution in [0.1, 0.15) is 13.3 Å². The number of aliphatic hydroxyl groups is 3. The zero-order chi connectivity index (χ0) is 8.69. The van der Waals surface area contributed by atoms with Crippen molar-refractivity contribution in [1.29, 1.82) is 0 Å². The molecule has 68 valence electrons. The Morgan fingerprint density at radius 3 is 2.45 bits per heavy atom. The van der Waals surface area contributed by atoms with E-state index in [1.165, 1.54) is 0 Å². The molecule has 3 N–H and O–H groups in total. The van der Waals surface area contributed by atoms with Crippen LogP contribution in [0.5, 0.6) is 0 Å². The van der Waals surface area contributed by atoms with Crippen molar-refractivity contribution >= 4 is 0 Å². The molecule has 0 aromatic carbocycles. The van der Waals surface area contributed by atoms with E-state index in [1.807, 2.05) is 0 Å². The molecule has 0 radical (unpaired) electrons. The molecule has 0 aliphatic heterocycles. The Morgan fingerprint density at radius 2 is 2.00 bits per heavy atom. The lowest BCUT2D eigenvalue weighted by Gasteiger charge is -2.15. The van der Waals surface area contributed by atoms with Gasteiger partial charge in [0.1, 0.15) is 12.9 Å². The van der Waals surface area contributed by atoms with Crippen molar-refractivity contribution in [1.82, 2.24) is 0 Å². The molecule has 0 bridgehead atoms. The molecule has 5 heteroatoms. The molecule has 11 heavy (non-hydrogen) atoms. The standard InChI is InChI=1S/C6H14O5/c1-2-5(8)6(9)11-4-10-3-7/h5-9H,2-4H2,1H3. The Labute approximate surface area is 65.2 Å². The number of ether oxygens (including phenoxy) is 2. The van der Waals surface area contributed by atoms with Gasteiger partial charge in [-0.15, -0.1) is 0 Å². The molecule has 0 rings (SSSR count). The van der Waals surface area contributed by atoms with Crippen LogP contribution in [0.15, 0.2) is 0 Å². The molecule has 0 amide bonds. The van der Waals surface area contributed by atoms with Crippen LogP contribution in [-0.4, -0.2) is 41.3 Å². The normalized spacial score (nSPS) is 16.4. The number of hydrogen-bond acceptors (Lipinski definition) is 5. The monoisotopic (exact) mass is 166 g/mol. The maximum atomic E-state index is 8.93. The summed E-state index contributed by atoms with van der Waals surface area (Å²) in [5.74, 6) is 0. The van der Waals surface area contributed by atoms with E-state index in [9.17, 15) is 0 Å². The fourth-order valence-corrected chi connectivity index (χ4v) is 0.468. The summed E-state index contributed by atoms with van der Waals surface area (Å²) in [4.78, 5) is 0. The number of aliphatic hydroxyl groups excluding tert-OH is 3. The van der Waals surface area contributed by atoms with Crippen LogP contribution in [0, 0.1) is 0 Å². The molecule has 0 aromatic heterocycles. The van der Waals surface area contributed by atoms with E-state index < -0.39 is 19.2 Å². The maximum absolute atomic E-state index is 8.93. The Morgan fingerprint density at radius 1 is 1.36 bits per heavy atom. The van der Waals surface area contributed by atoms with Gasteiger partial charge in [-0.1, -0.05) is 6.92 Å². The average Bonchev–Trinajstić information content (AvgIpc) is 2.03. The number of hydrogen-bond donors (Lipinski definition) is 3. The number of rotatable bonds is 6. The minimum absolute atomic E-state index is 0.227. The Kier molecular flexibility index (Phi) is 6.39. The van der Waals surface area contributed by atoms with Gasteiger partial charge in [-0.2, -0.15) is 0 Å². The van der Waals surface area contributed by atoms with Gasteiger partial charge in [-0.05, 0) is 6.42 Å². The van der Waals surface area contributed by atoms with Gasteiger partial charge in [0.25, 0.3) is 0 Å². The second-order valence-electron chi connectivity index (χ2n) is 1.98. The third-order valence-electron chi connectivity index (χ3n) is 1.16. The highest BCUT2D eigenvalue weighted by molar-refractivity contribution is 4.53. The maximum Gasteiger partial charge on any atom is 0.183 e. The zero-order valence-corrected chi connectivity index (χ0v) is 6.43. The average molecular weight is 166 g/mol. The van der Waals surface area contributed by atoms with Crippen LogP contribution in [0.4, 0.5) is 0 Å². The van der Waals surface area contributed by atoms with Crippen molar-refractivity contribution in [2.45, 2.75) is 25.7 Å². The van der Waals surface area contributed by atoms with E-state index in [-0.39, 0.29) is 6.79 Å². The van der Waals surface area contributed by atoms with Crippen molar-refractivity contribution in [3.63, 3.8) is 0 Å². The molecule has 0 aromatic rings. The molecule has 0 aliphatic rings. The van der Waals surface area contributed by atoms with Crippen LogP contribution in [0.3, 0.4) is 0 Å². The van der Waals surface area contributed by atoms with E-state index in [1.54, 1.807) is 6.92 Å². The van der Waals surface area contributed by atoms with E-state index in [4.69, 9.17) is 15.3 Å². The summed E-state index contributed by atoms with van der Waals surface area (Å²) in [6, 6.07) is 0. The van der Waals surface area contributed by atoms with E-state index >= 15 is 0 Å². The second-order valence-corrected chi connectivity index (χ2v) is 1.98. The van der Waals surface area contributed by atoms with Gasteiger partial charge in [-0.3, -0.25) is 0 Å². The van der Waals surface area contributed by atoms with Gasteiger partial charge in [0.05, 0.1) is 0 Å². The van der Waals surface area contributed by atoms with Crippen molar-refractivity contribution in [2.24, 2.45) is 0 Å². The van der Waals surface area contributed by atoms with E-state index in [2.05, 4.69) is 9.47 Å². The first-order valence-corrected chi connectivity index (χ1v) is 3.38. The third-order valence-corrected chi connectivity index (χ3v) is 1.16. The van der Waals surface area contributed by atoms with Crippen LogP contribution >= 0.6 is 0 Å². The molecule has 0 saturated carbocycles. The zero-order valence-electron chi connectivity index (χ0n) is 6.43. The van der Waals surface area contributed by atoms with Gasteiger partial charge in [0, 0.05) is 0 Å². The van der Waals surface area contributed by atoms with Crippen molar-refractivity contribution in [2.75, 3.05) is 13.6 Å². The van der Waals surface area contributed by atoms with Crippen molar-refractivity contribution < 1.29 is 24.8 Å². The van der Waals surface area contributed by atoms with Gasteiger partial charge < -0.3 is 24.8 Å². The van der Waals surface area contributed by atoms with Gasteiger partial charge in [0.15, 0.2) is 13.1 Å². The summed E-state index contributed by atoms with van der Waals surface area (Å²) in [6.45, 7) is 1.02. The second kappa shape index (κ2) is 6.51. The summed E-state index contributed by atoms with van der Waals surface area (Å²) in [6.07, 6.45) is -1.75. The quantitative estimate of drug-likeness (QED) is 0.349. The fraction of sp³-hybridized carbons (Fsp3) is 1.00. The van der Waals surface area contributed by atoms with Crippen LogP contribution in [0.2, 0.25) is 0 Å². The molecule has 0 saturated heterocycles. The molecular weight excluding hydrogens is 152 g/mol. The molecule has 0 aliphatic carbocycles. The summed E-state index contributed by atoms with van der Waals surface area (Å²) in [5, 5.41) is 26.0. The molecule has 0 heterocycles. The highest BCUT2D eigenvalue weighted by Gasteiger charge is 2.13. The summed E-state index contributed by atoms with van der Waals surface area (Å²) < 4.78 is 8.92. The largest absolute Gasteiger partial charge is 0.388 e. The highest BCUT2D eigenvalue weighted by atomic mass is 16.7. The van der Waals surface area contributed by atoms with E-state index in [0.29, 0.717) is 6.42 Å².